The second-order valence-corrected chi connectivity index (χ2v) is 8.14. The van der Waals surface area contributed by atoms with E-state index in [1.165, 1.54) is 5.39 Å². The van der Waals surface area contributed by atoms with Crippen LogP contribution in [0.5, 0.6) is 5.75 Å². The third-order valence-corrected chi connectivity index (χ3v) is 6.17. The zero-order valence-electron chi connectivity index (χ0n) is 18.1. The van der Waals surface area contributed by atoms with Crippen LogP contribution >= 0.6 is 0 Å². The molecule has 0 aliphatic rings. The summed E-state index contributed by atoms with van der Waals surface area (Å²) >= 11 is 0. The summed E-state index contributed by atoms with van der Waals surface area (Å²) in [5.74, 6) is 0.959. The smallest absolute Gasteiger partial charge is 0.144 e. The van der Waals surface area contributed by atoms with Crippen LogP contribution in [0.4, 0.5) is 0 Å². The first kappa shape index (κ1) is 19.3. The molecule has 0 amide bonds. The summed E-state index contributed by atoms with van der Waals surface area (Å²) in [7, 11) is 1.99. The molecule has 158 valence electrons. The molecule has 0 aliphatic carbocycles. The summed E-state index contributed by atoms with van der Waals surface area (Å²) in [6.45, 7) is 0. The molecule has 4 heteroatoms. The van der Waals surface area contributed by atoms with E-state index < -0.39 is 0 Å². The minimum Gasteiger partial charge on any atom is -0.507 e. The summed E-state index contributed by atoms with van der Waals surface area (Å²) in [6.07, 6.45) is 1.82. The molecule has 0 atom stereocenters. The normalized spacial score (nSPS) is 11.3. The highest BCUT2D eigenvalue weighted by Crippen LogP contribution is 2.38. The summed E-state index contributed by atoms with van der Waals surface area (Å²) in [4.78, 5) is 9.59. The van der Waals surface area contributed by atoms with Crippen molar-refractivity contribution in [3.8, 4) is 39.5 Å². The fourth-order valence-corrected chi connectivity index (χ4v) is 4.55. The van der Waals surface area contributed by atoms with Crippen molar-refractivity contribution in [1.29, 1.82) is 0 Å². The van der Waals surface area contributed by atoms with Crippen LogP contribution in [-0.4, -0.2) is 19.6 Å². The van der Waals surface area contributed by atoms with Crippen LogP contribution < -0.4 is 0 Å². The van der Waals surface area contributed by atoms with E-state index in [9.17, 15) is 5.11 Å². The van der Waals surface area contributed by atoms with Crippen molar-refractivity contribution in [2.75, 3.05) is 0 Å². The Balaban J connectivity index is 1.65. The molecular weight excluding hydrogens is 406 g/mol. The number of imidazole rings is 1. The fraction of sp³-hybridized carbons (Fsp3) is 0.0345. The third kappa shape index (κ3) is 3.15. The molecule has 33 heavy (non-hydrogen) atoms. The summed E-state index contributed by atoms with van der Waals surface area (Å²) in [6, 6.07) is 32.4. The first-order valence-corrected chi connectivity index (χ1v) is 10.9. The van der Waals surface area contributed by atoms with Crippen molar-refractivity contribution < 1.29 is 5.11 Å². The molecule has 0 radical (unpaired) electrons. The van der Waals surface area contributed by atoms with Gasteiger partial charge in [0.05, 0.1) is 22.3 Å². The average molecular weight is 428 g/mol. The average Bonchev–Trinajstić information content (AvgIpc) is 3.20. The Hall–Kier alpha value is -4.44. The second kappa shape index (κ2) is 7.61. The van der Waals surface area contributed by atoms with Crippen LogP contribution in [0, 0.1) is 0 Å². The Morgan fingerprint density at radius 3 is 2.36 bits per heavy atom. The van der Waals surface area contributed by atoms with E-state index in [0.29, 0.717) is 5.56 Å². The van der Waals surface area contributed by atoms with E-state index in [2.05, 4.69) is 59.6 Å². The molecule has 0 spiro atoms. The van der Waals surface area contributed by atoms with Crippen molar-refractivity contribution >= 4 is 21.8 Å². The van der Waals surface area contributed by atoms with Gasteiger partial charge in [0.2, 0.25) is 0 Å². The maximum atomic E-state index is 10.4. The van der Waals surface area contributed by atoms with Crippen molar-refractivity contribution in [2.45, 2.75) is 0 Å². The molecule has 6 aromatic rings. The van der Waals surface area contributed by atoms with Gasteiger partial charge in [0.1, 0.15) is 11.6 Å². The van der Waals surface area contributed by atoms with Gasteiger partial charge in [0, 0.05) is 24.4 Å². The molecule has 0 unspecified atom stereocenters. The largest absolute Gasteiger partial charge is 0.507 e. The zero-order chi connectivity index (χ0) is 22.4. The lowest BCUT2D eigenvalue weighted by atomic mass is 9.94. The maximum absolute atomic E-state index is 10.4. The highest BCUT2D eigenvalue weighted by molar-refractivity contribution is 6.06. The number of phenolic OH excluding ortho intramolecular Hbond substituents is 1. The van der Waals surface area contributed by atoms with Gasteiger partial charge in [-0.15, -0.1) is 0 Å². The number of para-hydroxylation sites is 2. The number of hydrogen-bond acceptors (Lipinski definition) is 3. The molecule has 0 aliphatic heterocycles. The van der Waals surface area contributed by atoms with Crippen LogP contribution in [0.2, 0.25) is 0 Å². The highest BCUT2D eigenvalue weighted by Gasteiger charge is 2.17. The lowest BCUT2D eigenvalue weighted by Gasteiger charge is -2.11. The Kier molecular flexibility index (Phi) is 4.44. The van der Waals surface area contributed by atoms with E-state index in [1.54, 1.807) is 6.07 Å². The summed E-state index contributed by atoms with van der Waals surface area (Å²) < 4.78 is 2.04. The van der Waals surface area contributed by atoms with Crippen molar-refractivity contribution in [3.05, 3.63) is 103 Å². The first-order valence-electron chi connectivity index (χ1n) is 10.9. The number of fused-ring (bicyclic) bond motifs is 2. The molecule has 0 saturated heterocycles. The summed E-state index contributed by atoms with van der Waals surface area (Å²) in [5, 5.41) is 12.8. The number of rotatable bonds is 3. The quantitative estimate of drug-likeness (QED) is 0.337. The number of nitrogens with zero attached hydrogens (tertiary/aromatic N) is 3. The molecule has 2 heterocycles. The van der Waals surface area contributed by atoms with Gasteiger partial charge in [-0.3, -0.25) is 4.98 Å². The number of aromatic nitrogens is 3. The number of hydrogen-bond donors (Lipinski definition) is 1. The molecular formula is C29H21N3O. The highest BCUT2D eigenvalue weighted by atomic mass is 16.3. The van der Waals surface area contributed by atoms with Crippen LogP contribution in [0.25, 0.3) is 55.6 Å². The minimum absolute atomic E-state index is 0.222. The number of benzene rings is 4. The summed E-state index contributed by atoms with van der Waals surface area (Å²) in [5.41, 5.74) is 6.81. The van der Waals surface area contributed by atoms with Crippen LogP contribution in [0.1, 0.15) is 0 Å². The van der Waals surface area contributed by atoms with Crippen molar-refractivity contribution in [3.63, 3.8) is 0 Å². The molecule has 4 aromatic carbocycles. The van der Waals surface area contributed by atoms with E-state index in [0.717, 1.165) is 44.6 Å². The van der Waals surface area contributed by atoms with Gasteiger partial charge in [0.15, 0.2) is 0 Å². The van der Waals surface area contributed by atoms with Gasteiger partial charge in [-0.25, -0.2) is 4.98 Å². The SMILES string of the molecule is Cn1c(-c2ccccc2O)nc2c(-c3cc(-c4ccccn4)cc4ccccc34)cccc21. The lowest BCUT2D eigenvalue weighted by molar-refractivity contribution is 0.476. The molecule has 0 bridgehead atoms. The zero-order valence-corrected chi connectivity index (χ0v) is 18.1. The van der Waals surface area contributed by atoms with Gasteiger partial charge in [0.25, 0.3) is 0 Å². The van der Waals surface area contributed by atoms with Crippen LogP contribution in [0.15, 0.2) is 103 Å². The number of aryl methyl sites for hydroxylation is 1. The maximum Gasteiger partial charge on any atom is 0.144 e. The predicted octanol–water partition coefficient (Wildman–Crippen LogP) is 6.83. The molecule has 4 nitrogen and oxygen atoms in total. The molecule has 1 N–H and O–H groups in total. The number of phenols is 1. The Morgan fingerprint density at radius 1 is 0.727 bits per heavy atom. The van der Waals surface area contributed by atoms with E-state index >= 15 is 0 Å². The fourth-order valence-electron chi connectivity index (χ4n) is 4.55. The topological polar surface area (TPSA) is 50.9 Å². The van der Waals surface area contributed by atoms with E-state index in [1.807, 2.05) is 54.2 Å². The van der Waals surface area contributed by atoms with E-state index in [4.69, 9.17) is 4.98 Å². The standard InChI is InChI=1S/C29H21N3O/c1-32-26-14-8-12-22(28(26)31-29(32)23-11-4-5-15-27(23)33)24-18-20(25-13-6-7-16-30-25)17-19-9-2-3-10-21(19)24/h2-18,33H,1H3. The molecule has 0 fully saturated rings. The van der Waals surface area contributed by atoms with Gasteiger partial charge >= 0.3 is 0 Å². The predicted molar refractivity (Wildman–Crippen MR) is 134 cm³/mol. The Morgan fingerprint density at radius 2 is 1.52 bits per heavy atom. The Bertz CT molecular complexity index is 1630. The van der Waals surface area contributed by atoms with Crippen molar-refractivity contribution in [1.82, 2.24) is 14.5 Å². The monoisotopic (exact) mass is 427 g/mol. The first-order chi connectivity index (χ1) is 16.2. The van der Waals surface area contributed by atoms with E-state index in [-0.39, 0.29) is 5.75 Å². The van der Waals surface area contributed by atoms with Crippen molar-refractivity contribution in [2.24, 2.45) is 7.05 Å². The minimum atomic E-state index is 0.222. The molecule has 6 rings (SSSR count). The lowest BCUT2D eigenvalue weighted by Crippen LogP contribution is -1.92. The van der Waals surface area contributed by atoms with Gasteiger partial charge in [-0.05, 0) is 58.8 Å². The van der Waals surface area contributed by atoms with Gasteiger partial charge in [-0.1, -0.05) is 54.6 Å². The third-order valence-electron chi connectivity index (χ3n) is 6.17. The second-order valence-electron chi connectivity index (χ2n) is 8.14. The van der Waals surface area contributed by atoms with Gasteiger partial charge < -0.3 is 9.67 Å². The molecule has 0 saturated carbocycles. The van der Waals surface area contributed by atoms with Crippen LogP contribution in [-0.2, 0) is 7.05 Å². The molecule has 2 aromatic heterocycles. The number of aromatic hydroxyl groups is 1. The number of pyridine rings is 1. The van der Waals surface area contributed by atoms with Crippen LogP contribution in [0.3, 0.4) is 0 Å². The van der Waals surface area contributed by atoms with Gasteiger partial charge in [-0.2, -0.15) is 0 Å². The Labute approximate surface area is 191 Å².